The van der Waals surface area contributed by atoms with Crippen LogP contribution < -0.4 is 0 Å². The van der Waals surface area contributed by atoms with E-state index in [4.69, 9.17) is 0 Å². The van der Waals surface area contributed by atoms with E-state index in [9.17, 15) is 0 Å². The average molecular weight is 683 g/mol. The Labute approximate surface area is 314 Å². The Morgan fingerprint density at radius 3 is 1.11 bits per heavy atom. The highest BCUT2D eigenvalue weighted by molar-refractivity contribution is 6.36. The molecule has 0 nitrogen and oxygen atoms in total. The molecule has 0 aliphatic carbocycles. The molecule has 0 aromatic heterocycles. The summed E-state index contributed by atoms with van der Waals surface area (Å²) in [5.41, 5.74) is 9.96. The number of fused-ring (bicyclic) bond motifs is 10. The monoisotopic (exact) mass is 682 g/mol. The first kappa shape index (κ1) is 30.6. The number of rotatable bonds is 4. The summed E-state index contributed by atoms with van der Waals surface area (Å²) in [6.45, 7) is 0. The fourth-order valence-electron chi connectivity index (χ4n) is 9.13. The third kappa shape index (κ3) is 4.64. The van der Waals surface area contributed by atoms with Crippen LogP contribution in [-0.4, -0.2) is 0 Å². The van der Waals surface area contributed by atoms with Crippen LogP contribution in [0.3, 0.4) is 0 Å². The van der Waals surface area contributed by atoms with Gasteiger partial charge in [0.2, 0.25) is 0 Å². The molecule has 0 heteroatoms. The van der Waals surface area contributed by atoms with Crippen molar-refractivity contribution >= 4 is 64.6 Å². The van der Waals surface area contributed by atoms with Crippen LogP contribution in [-0.2, 0) is 0 Å². The van der Waals surface area contributed by atoms with Crippen LogP contribution in [0.4, 0.5) is 0 Å². The molecular weight excluding hydrogens is 649 g/mol. The quantitative estimate of drug-likeness (QED) is 0.128. The first-order chi connectivity index (χ1) is 26.8. The largest absolute Gasteiger partial charge is 0.0622 e. The molecule has 0 spiro atoms. The molecule has 0 saturated heterocycles. The van der Waals surface area contributed by atoms with Crippen LogP contribution in [0.2, 0.25) is 0 Å². The summed E-state index contributed by atoms with van der Waals surface area (Å²) in [4.78, 5) is 0. The molecule has 0 aliphatic heterocycles. The van der Waals surface area contributed by atoms with Gasteiger partial charge in [0, 0.05) is 0 Å². The van der Waals surface area contributed by atoms with Gasteiger partial charge in [0.15, 0.2) is 0 Å². The van der Waals surface area contributed by atoms with E-state index in [-0.39, 0.29) is 0 Å². The van der Waals surface area contributed by atoms with Gasteiger partial charge in [-0.05, 0) is 127 Å². The third-order valence-corrected chi connectivity index (χ3v) is 11.4. The van der Waals surface area contributed by atoms with Crippen molar-refractivity contribution in [1.82, 2.24) is 0 Å². The molecule has 0 radical (unpaired) electrons. The first-order valence-corrected chi connectivity index (χ1v) is 18.8. The highest BCUT2D eigenvalue weighted by atomic mass is 14.2. The lowest BCUT2D eigenvalue weighted by atomic mass is 9.81. The minimum Gasteiger partial charge on any atom is -0.0622 e. The fraction of sp³-hybridized carbons (Fsp3) is 0. The van der Waals surface area contributed by atoms with Crippen molar-refractivity contribution in [2.75, 3.05) is 0 Å². The summed E-state index contributed by atoms with van der Waals surface area (Å²) in [7, 11) is 0. The zero-order chi connectivity index (χ0) is 35.6. The molecule has 54 heavy (non-hydrogen) atoms. The van der Waals surface area contributed by atoms with Crippen LogP contribution in [0.1, 0.15) is 0 Å². The van der Waals surface area contributed by atoms with Gasteiger partial charge in [-0.15, -0.1) is 0 Å². The molecule has 11 rings (SSSR count). The maximum Gasteiger partial charge on any atom is -0.00195 e. The number of benzene rings is 11. The Bertz CT molecular complexity index is 3220. The summed E-state index contributed by atoms with van der Waals surface area (Å²) < 4.78 is 0. The van der Waals surface area contributed by atoms with Crippen molar-refractivity contribution in [3.05, 3.63) is 206 Å². The zero-order valence-electron chi connectivity index (χ0n) is 29.6. The molecule has 0 heterocycles. The summed E-state index contributed by atoms with van der Waals surface area (Å²) in [5, 5.41) is 15.3. The van der Waals surface area contributed by atoms with Crippen molar-refractivity contribution in [3.63, 3.8) is 0 Å². The lowest BCUT2D eigenvalue weighted by molar-refractivity contribution is 1.64. The topological polar surface area (TPSA) is 0 Å². The van der Waals surface area contributed by atoms with Gasteiger partial charge in [-0.2, -0.15) is 0 Å². The van der Waals surface area contributed by atoms with Crippen molar-refractivity contribution in [2.45, 2.75) is 0 Å². The van der Waals surface area contributed by atoms with E-state index in [2.05, 4.69) is 206 Å². The van der Waals surface area contributed by atoms with E-state index in [1.165, 1.54) is 109 Å². The van der Waals surface area contributed by atoms with Gasteiger partial charge in [0.1, 0.15) is 0 Å². The molecule has 11 aromatic rings. The molecule has 0 amide bonds. The molecule has 250 valence electrons. The fourth-order valence-corrected chi connectivity index (χ4v) is 9.13. The van der Waals surface area contributed by atoms with Gasteiger partial charge in [-0.3, -0.25) is 0 Å². The SMILES string of the molecule is c1ccc(-c2c3ccccc3c(-c3ccccc3)c3cc4c(cc23)c2ccccc2c2cc(-c3ccccc3)c3c(-c5ccccc5)cccc3c24)cc1. The molecule has 11 aromatic carbocycles. The Balaban J connectivity index is 1.41. The summed E-state index contributed by atoms with van der Waals surface area (Å²) in [5.74, 6) is 0. The maximum atomic E-state index is 2.53. The minimum absolute atomic E-state index is 1.22. The molecule has 0 aliphatic rings. The second kappa shape index (κ2) is 12.3. The number of hydrogen-bond acceptors (Lipinski definition) is 0. The summed E-state index contributed by atoms with van der Waals surface area (Å²) in [6, 6.07) is 76.1. The Morgan fingerprint density at radius 2 is 0.574 bits per heavy atom. The Hall–Kier alpha value is -7.02. The molecule has 0 N–H and O–H groups in total. The normalized spacial score (nSPS) is 11.7. The molecule has 0 atom stereocenters. The highest BCUT2D eigenvalue weighted by Crippen LogP contribution is 2.50. The van der Waals surface area contributed by atoms with E-state index in [0.717, 1.165) is 0 Å². The Kier molecular flexibility index (Phi) is 6.97. The molecular formula is C54H34. The van der Waals surface area contributed by atoms with Gasteiger partial charge in [-0.1, -0.05) is 188 Å². The molecule has 0 saturated carbocycles. The summed E-state index contributed by atoms with van der Waals surface area (Å²) >= 11 is 0. The van der Waals surface area contributed by atoms with Crippen LogP contribution in [0.15, 0.2) is 206 Å². The van der Waals surface area contributed by atoms with Crippen LogP contribution in [0, 0.1) is 0 Å². The summed E-state index contributed by atoms with van der Waals surface area (Å²) in [6.07, 6.45) is 0. The van der Waals surface area contributed by atoms with Gasteiger partial charge >= 0.3 is 0 Å². The van der Waals surface area contributed by atoms with E-state index in [1.807, 2.05) is 0 Å². The lowest BCUT2D eigenvalue weighted by Gasteiger charge is -2.21. The van der Waals surface area contributed by atoms with Gasteiger partial charge in [-0.25, -0.2) is 0 Å². The van der Waals surface area contributed by atoms with E-state index in [0.29, 0.717) is 0 Å². The molecule has 0 unspecified atom stereocenters. The number of hydrogen-bond donors (Lipinski definition) is 0. The van der Waals surface area contributed by atoms with Gasteiger partial charge in [0.05, 0.1) is 0 Å². The van der Waals surface area contributed by atoms with Crippen molar-refractivity contribution < 1.29 is 0 Å². The maximum absolute atomic E-state index is 2.53. The first-order valence-electron chi connectivity index (χ1n) is 18.8. The van der Waals surface area contributed by atoms with Gasteiger partial charge < -0.3 is 0 Å². The Morgan fingerprint density at radius 1 is 0.185 bits per heavy atom. The van der Waals surface area contributed by atoms with Crippen molar-refractivity contribution in [3.8, 4) is 44.5 Å². The van der Waals surface area contributed by atoms with Crippen molar-refractivity contribution in [2.24, 2.45) is 0 Å². The third-order valence-electron chi connectivity index (χ3n) is 11.4. The van der Waals surface area contributed by atoms with E-state index in [1.54, 1.807) is 0 Å². The second-order valence-electron chi connectivity index (χ2n) is 14.3. The smallest absolute Gasteiger partial charge is 0.00195 e. The van der Waals surface area contributed by atoms with Crippen molar-refractivity contribution in [1.29, 1.82) is 0 Å². The molecule has 0 bridgehead atoms. The highest BCUT2D eigenvalue weighted by Gasteiger charge is 2.22. The van der Waals surface area contributed by atoms with E-state index >= 15 is 0 Å². The standard InChI is InChI=1S/C54H34/c1-5-18-35(19-6-1)39-30-17-31-44-53(39)45(36-20-7-2-8-21-36)32-47-41-27-14-13-26-40(41)46-33-49-50(34-48(46)54(44)47)52(38-24-11-4-12-25-38)43-29-16-15-28-42(43)51(49)37-22-9-3-10-23-37/h1-34H. The molecule has 0 fully saturated rings. The van der Waals surface area contributed by atoms with E-state index < -0.39 is 0 Å². The van der Waals surface area contributed by atoms with Gasteiger partial charge in [0.25, 0.3) is 0 Å². The predicted molar refractivity (Wildman–Crippen MR) is 233 cm³/mol. The predicted octanol–water partition coefficient (Wildman–Crippen LogP) is 15.3. The van der Waals surface area contributed by atoms with Crippen LogP contribution in [0.5, 0.6) is 0 Å². The van der Waals surface area contributed by atoms with Crippen LogP contribution >= 0.6 is 0 Å². The second-order valence-corrected chi connectivity index (χ2v) is 14.3. The minimum atomic E-state index is 1.22. The zero-order valence-corrected chi connectivity index (χ0v) is 29.6. The van der Waals surface area contributed by atoms with Crippen LogP contribution in [0.25, 0.3) is 109 Å². The lowest BCUT2D eigenvalue weighted by Crippen LogP contribution is -1.94. The average Bonchev–Trinajstić information content (AvgIpc) is 3.25.